The second kappa shape index (κ2) is 13.2. The summed E-state index contributed by atoms with van der Waals surface area (Å²) in [7, 11) is 1.39. The number of nitrogens with one attached hydrogen (secondary N) is 2. The highest BCUT2D eigenvalue weighted by molar-refractivity contribution is 5.97. The van der Waals surface area contributed by atoms with E-state index in [1.165, 1.54) is 13.2 Å². The van der Waals surface area contributed by atoms with Crippen LogP contribution in [0.3, 0.4) is 0 Å². The van der Waals surface area contributed by atoms with Gasteiger partial charge in [-0.3, -0.25) is 14.4 Å². The lowest BCUT2D eigenvalue weighted by molar-refractivity contribution is -0.169. The van der Waals surface area contributed by atoms with Gasteiger partial charge in [-0.2, -0.15) is 0 Å². The van der Waals surface area contributed by atoms with Crippen molar-refractivity contribution >= 4 is 17.8 Å². The lowest BCUT2D eigenvalue weighted by atomic mass is 9.74. The van der Waals surface area contributed by atoms with E-state index in [1.54, 1.807) is 0 Å². The number of hydrogen-bond acceptors (Lipinski definition) is 6. The van der Waals surface area contributed by atoms with Crippen LogP contribution in [0, 0.1) is 28.5 Å². The molecule has 2 fully saturated rings. The molecule has 0 aromatic heterocycles. The molecule has 2 N–H and O–H groups in total. The number of amides is 2. The van der Waals surface area contributed by atoms with Crippen molar-refractivity contribution in [3.63, 3.8) is 0 Å². The van der Waals surface area contributed by atoms with Crippen molar-refractivity contribution in [2.45, 2.75) is 118 Å². The molecule has 2 aliphatic rings. The average molecular weight is 591 g/mol. The third kappa shape index (κ3) is 8.60. The van der Waals surface area contributed by atoms with Gasteiger partial charge in [-0.25, -0.2) is 4.39 Å². The van der Waals surface area contributed by atoms with Crippen molar-refractivity contribution < 1.29 is 33.0 Å². The van der Waals surface area contributed by atoms with E-state index < -0.39 is 22.7 Å². The van der Waals surface area contributed by atoms with Gasteiger partial charge >= 0.3 is 5.97 Å². The fourth-order valence-corrected chi connectivity index (χ4v) is 5.59. The van der Waals surface area contributed by atoms with E-state index in [0.717, 1.165) is 25.3 Å². The molecule has 0 aliphatic heterocycles. The second-order valence-corrected chi connectivity index (χ2v) is 14.5. The molecule has 42 heavy (non-hydrogen) atoms. The van der Waals surface area contributed by atoms with Gasteiger partial charge in [0.15, 0.2) is 11.6 Å². The molecule has 0 bridgehead atoms. The molecular formula is C33H51FN2O6. The normalized spacial score (nSPS) is 25.3. The van der Waals surface area contributed by atoms with Gasteiger partial charge in [0.2, 0.25) is 5.91 Å². The third-order valence-electron chi connectivity index (χ3n) is 8.90. The monoisotopic (exact) mass is 590 g/mol. The highest BCUT2D eigenvalue weighted by atomic mass is 19.1. The summed E-state index contributed by atoms with van der Waals surface area (Å²) in [5, 5.41) is 6.09. The number of ether oxygens (including phenoxy) is 3. The Morgan fingerprint density at radius 2 is 1.67 bits per heavy atom. The van der Waals surface area contributed by atoms with Gasteiger partial charge < -0.3 is 24.8 Å². The minimum atomic E-state index is -0.621. The maximum atomic E-state index is 15.0. The number of esters is 1. The Morgan fingerprint density at radius 1 is 1.02 bits per heavy atom. The second-order valence-electron chi connectivity index (χ2n) is 14.5. The largest absolute Gasteiger partial charge is 0.496 e. The van der Waals surface area contributed by atoms with Crippen molar-refractivity contribution in [1.29, 1.82) is 0 Å². The molecule has 0 spiro atoms. The molecule has 0 heterocycles. The Kier molecular flexibility index (Phi) is 10.6. The summed E-state index contributed by atoms with van der Waals surface area (Å²) in [4.78, 5) is 39.0. The van der Waals surface area contributed by atoms with Crippen molar-refractivity contribution in [2.75, 3.05) is 13.7 Å². The Morgan fingerprint density at radius 3 is 2.24 bits per heavy atom. The molecule has 0 radical (unpaired) electrons. The molecule has 8 nitrogen and oxygen atoms in total. The first-order valence-corrected chi connectivity index (χ1v) is 15.3. The van der Waals surface area contributed by atoms with E-state index >= 15 is 4.39 Å². The summed E-state index contributed by atoms with van der Waals surface area (Å²) in [6.45, 7) is 16.1. The maximum Gasteiger partial charge on any atom is 0.312 e. The number of halogens is 1. The van der Waals surface area contributed by atoms with Crippen molar-refractivity contribution in [2.24, 2.45) is 22.7 Å². The fraction of sp³-hybridized carbons (Fsp3) is 0.727. The van der Waals surface area contributed by atoms with Crippen LogP contribution < -0.4 is 20.1 Å². The number of carbonyl (C=O) groups excluding carboxylic acids is 3. The molecule has 9 heteroatoms. The third-order valence-corrected chi connectivity index (χ3v) is 8.90. The first-order valence-electron chi connectivity index (χ1n) is 15.3. The molecule has 2 saturated carbocycles. The maximum absolute atomic E-state index is 15.0. The number of benzene rings is 1. The van der Waals surface area contributed by atoms with Gasteiger partial charge in [-0.1, -0.05) is 27.2 Å². The zero-order chi connectivity index (χ0) is 31.5. The van der Waals surface area contributed by atoms with Crippen LogP contribution in [-0.2, 0) is 14.3 Å². The highest BCUT2D eigenvalue weighted by Crippen LogP contribution is 2.40. The van der Waals surface area contributed by atoms with E-state index in [2.05, 4.69) is 31.4 Å². The number of rotatable bonds is 9. The lowest BCUT2D eigenvalue weighted by Gasteiger charge is -2.37. The van der Waals surface area contributed by atoms with Gasteiger partial charge in [-0.15, -0.1) is 0 Å². The predicted molar refractivity (Wildman–Crippen MR) is 160 cm³/mol. The van der Waals surface area contributed by atoms with Gasteiger partial charge in [0.25, 0.3) is 5.91 Å². The molecule has 1 aromatic carbocycles. The van der Waals surface area contributed by atoms with Crippen LogP contribution in [0.5, 0.6) is 11.5 Å². The van der Waals surface area contributed by atoms with Crippen LogP contribution in [0.15, 0.2) is 12.1 Å². The van der Waals surface area contributed by atoms with Crippen molar-refractivity contribution in [1.82, 2.24) is 10.6 Å². The molecule has 1 aromatic rings. The smallest absolute Gasteiger partial charge is 0.312 e. The Labute approximate surface area is 250 Å². The van der Waals surface area contributed by atoms with E-state index in [9.17, 15) is 14.4 Å². The lowest BCUT2D eigenvalue weighted by Crippen LogP contribution is -2.46. The Bertz CT molecular complexity index is 1130. The molecule has 0 unspecified atom stereocenters. The van der Waals surface area contributed by atoms with E-state index in [0.29, 0.717) is 32.2 Å². The van der Waals surface area contributed by atoms with Crippen LogP contribution >= 0.6 is 0 Å². The number of carbonyl (C=O) groups is 3. The minimum Gasteiger partial charge on any atom is -0.496 e. The van der Waals surface area contributed by atoms with Gasteiger partial charge in [0, 0.05) is 24.6 Å². The molecular weight excluding hydrogens is 539 g/mol. The standard InChI is InChI=1S/C33H51FN2O6/c1-20(31(2,3)4)36-29(38)23-12-10-11-21(23)19-35-28(37)24-17-27(25(34)18-26(24)40-9)41-22-13-15-33(8,16-14-22)30(39)42-32(5,6)7/h17-18,20-23H,10-16,19H2,1-9H3,(H,35,37)(H,36,38)/t20-,21+,22?,23+,33?/m1/s1. The fourth-order valence-electron chi connectivity index (χ4n) is 5.59. The van der Waals surface area contributed by atoms with E-state index in [1.807, 2.05) is 34.6 Å². The van der Waals surface area contributed by atoms with Crippen LogP contribution in [-0.4, -0.2) is 49.2 Å². The van der Waals surface area contributed by atoms with Crippen LogP contribution in [0.25, 0.3) is 0 Å². The zero-order valence-corrected chi connectivity index (χ0v) is 26.9. The topological polar surface area (TPSA) is 103 Å². The first kappa shape index (κ1) is 33.7. The van der Waals surface area contributed by atoms with Gasteiger partial charge in [0.1, 0.15) is 11.4 Å². The quantitative estimate of drug-likeness (QED) is 0.332. The molecule has 2 aliphatic carbocycles. The van der Waals surface area contributed by atoms with E-state index in [-0.39, 0.29) is 58.3 Å². The molecule has 3 rings (SSSR count). The predicted octanol–water partition coefficient (Wildman–Crippen LogP) is 6.20. The number of methoxy groups -OCH3 is 1. The van der Waals surface area contributed by atoms with Crippen LogP contribution in [0.2, 0.25) is 0 Å². The highest BCUT2D eigenvalue weighted by Gasteiger charge is 2.41. The van der Waals surface area contributed by atoms with Crippen molar-refractivity contribution in [3.05, 3.63) is 23.5 Å². The number of hydrogen-bond donors (Lipinski definition) is 2. The summed E-state index contributed by atoms with van der Waals surface area (Å²) in [5.41, 5.74) is -1.06. The van der Waals surface area contributed by atoms with Gasteiger partial charge in [0.05, 0.1) is 24.2 Å². The Hall–Kier alpha value is -2.84. The SMILES string of the molecule is COc1cc(F)c(OC2CCC(C)(C(=O)OC(C)(C)C)CC2)cc1C(=O)NC[C@@H]1CCC[C@@H]1C(=O)N[C@H](C)C(C)(C)C. The average Bonchev–Trinajstić information content (AvgIpc) is 3.37. The molecule has 2 amide bonds. The molecule has 3 atom stereocenters. The summed E-state index contributed by atoms with van der Waals surface area (Å²) < 4.78 is 32.0. The first-order chi connectivity index (χ1) is 19.4. The minimum absolute atomic E-state index is 0.0183. The van der Waals surface area contributed by atoms with Crippen LogP contribution in [0.4, 0.5) is 4.39 Å². The summed E-state index contributed by atoms with van der Waals surface area (Å²) in [5.74, 6) is -1.30. The van der Waals surface area contributed by atoms with Gasteiger partial charge in [-0.05, 0) is 90.5 Å². The zero-order valence-electron chi connectivity index (χ0n) is 26.9. The summed E-state index contributed by atoms with van der Waals surface area (Å²) in [6, 6.07) is 2.57. The molecule has 236 valence electrons. The van der Waals surface area contributed by atoms with Crippen molar-refractivity contribution in [3.8, 4) is 11.5 Å². The van der Waals surface area contributed by atoms with Crippen LogP contribution in [0.1, 0.15) is 111 Å². The molecule has 0 saturated heterocycles. The summed E-state index contributed by atoms with van der Waals surface area (Å²) in [6.07, 6.45) is 4.49. The Balaban J connectivity index is 1.63. The summed E-state index contributed by atoms with van der Waals surface area (Å²) >= 11 is 0. The van der Waals surface area contributed by atoms with E-state index in [4.69, 9.17) is 14.2 Å².